The van der Waals surface area contributed by atoms with Crippen molar-refractivity contribution in [1.82, 2.24) is 25.2 Å². The van der Waals surface area contributed by atoms with Crippen LogP contribution in [-0.4, -0.2) is 69.2 Å². The van der Waals surface area contributed by atoms with Crippen LogP contribution in [-0.2, 0) is 26.0 Å². The van der Waals surface area contributed by atoms with Crippen LogP contribution in [0, 0.1) is 0 Å². The zero-order valence-electron chi connectivity index (χ0n) is 15.1. The molecule has 1 fully saturated rings. The molecule has 14 heteroatoms. The largest absolute Gasteiger partial charge is 0.418 e. The van der Waals surface area contributed by atoms with E-state index in [0.29, 0.717) is 35.7 Å². The number of Topliss-reactive ketones (excluding diaryl/α,β-unsaturated/α-hetero) is 1. The molecule has 3 heterocycles. The van der Waals surface area contributed by atoms with Crippen molar-refractivity contribution in [2.45, 2.75) is 38.4 Å². The van der Waals surface area contributed by atoms with Gasteiger partial charge in [0.2, 0.25) is 0 Å². The first-order valence-corrected chi connectivity index (χ1v) is 9.73. The fourth-order valence-electron chi connectivity index (χ4n) is 3.50. The Balaban J connectivity index is 2.04. The molecule has 0 saturated carbocycles. The van der Waals surface area contributed by atoms with Gasteiger partial charge in [-0.15, -0.1) is 4.28 Å². The third-order valence-corrected chi connectivity index (χ3v) is 4.96. The van der Waals surface area contributed by atoms with Crippen LogP contribution in [0.1, 0.15) is 43.1 Å². The summed E-state index contributed by atoms with van der Waals surface area (Å²) in [7, 11) is -3.52. The molecule has 0 spiro atoms. The summed E-state index contributed by atoms with van der Waals surface area (Å²) in [5.74, 6) is 0.0622. The number of fused-ring (bicyclic) bond motifs is 4. The smallest absolute Gasteiger partial charge is 0.304 e. The number of ketones is 1. The molecule has 13 nitrogen and oxygen atoms in total. The third kappa shape index (κ3) is 3.58. The lowest BCUT2D eigenvalue weighted by atomic mass is 9.97. The maximum Gasteiger partial charge on any atom is 0.418 e. The van der Waals surface area contributed by atoms with Crippen molar-refractivity contribution in [2.75, 3.05) is 13.6 Å². The van der Waals surface area contributed by atoms with E-state index in [9.17, 15) is 23.2 Å². The number of aliphatic imine (C=N–C) groups is 1. The van der Waals surface area contributed by atoms with E-state index < -0.39 is 28.5 Å². The molecule has 3 N–H and O–H groups in total. The van der Waals surface area contributed by atoms with Gasteiger partial charge in [-0.1, -0.05) is 0 Å². The average Bonchev–Trinajstić information content (AvgIpc) is 3.13. The lowest BCUT2D eigenvalue weighted by molar-refractivity contribution is -0.117. The van der Waals surface area contributed by atoms with Gasteiger partial charge in [0.1, 0.15) is 23.7 Å². The van der Waals surface area contributed by atoms with Crippen LogP contribution in [0.2, 0.25) is 0 Å². The molecule has 3 rings (SSSR count). The molecule has 0 radical (unpaired) electrons. The Bertz CT molecular complexity index is 927. The van der Waals surface area contributed by atoms with Crippen LogP contribution < -0.4 is 5.48 Å². The fourth-order valence-corrected chi connectivity index (χ4v) is 3.87. The summed E-state index contributed by atoms with van der Waals surface area (Å²) >= 11 is 0. The van der Waals surface area contributed by atoms with Crippen molar-refractivity contribution in [3.8, 4) is 0 Å². The molecule has 2 aliphatic rings. The van der Waals surface area contributed by atoms with Gasteiger partial charge >= 0.3 is 16.4 Å². The summed E-state index contributed by atoms with van der Waals surface area (Å²) in [6, 6.07) is -2.54. The van der Waals surface area contributed by atoms with Crippen molar-refractivity contribution in [3.63, 3.8) is 0 Å². The number of hydroxylamine groups is 3. The van der Waals surface area contributed by atoms with Gasteiger partial charge in [0, 0.05) is 25.6 Å². The van der Waals surface area contributed by atoms with Gasteiger partial charge in [-0.05, 0) is 13.3 Å². The van der Waals surface area contributed by atoms with Crippen molar-refractivity contribution < 1.29 is 32.1 Å². The van der Waals surface area contributed by atoms with Gasteiger partial charge in [0.25, 0.3) is 0 Å². The summed E-state index contributed by atoms with van der Waals surface area (Å²) in [6.07, 6.45) is 2.31. The van der Waals surface area contributed by atoms with Gasteiger partial charge in [-0.2, -0.15) is 18.6 Å². The van der Waals surface area contributed by atoms with E-state index in [1.54, 1.807) is 4.68 Å². The number of hydrogen-bond donors (Lipinski definition) is 3. The van der Waals surface area contributed by atoms with Gasteiger partial charge in [-0.3, -0.25) is 24.9 Å². The second-order valence-electron chi connectivity index (χ2n) is 6.42. The van der Waals surface area contributed by atoms with Crippen molar-refractivity contribution >= 4 is 28.0 Å². The lowest BCUT2D eigenvalue weighted by Crippen LogP contribution is -2.44. The Morgan fingerprint density at radius 1 is 1.50 bits per heavy atom. The number of urea groups is 1. The molecule has 0 aliphatic carbocycles. The lowest BCUT2D eigenvalue weighted by Gasteiger charge is -2.31. The number of rotatable bonds is 7. The molecule has 0 unspecified atom stereocenters. The number of amidine groups is 1. The number of aromatic nitrogens is 2. The van der Waals surface area contributed by atoms with Crippen LogP contribution in [0.25, 0.3) is 0 Å². The normalized spacial score (nSPS) is 21.9. The summed E-state index contributed by atoms with van der Waals surface area (Å²) in [5, 5.41) is 14.3. The third-order valence-electron chi connectivity index (χ3n) is 4.61. The Morgan fingerprint density at radius 3 is 2.79 bits per heavy atom. The van der Waals surface area contributed by atoms with Crippen molar-refractivity contribution in [2.24, 2.45) is 4.99 Å². The van der Waals surface area contributed by atoms with Crippen molar-refractivity contribution in [3.05, 3.63) is 17.5 Å². The predicted octanol–water partition coefficient (Wildman–Crippen LogP) is -0.173. The Hall–Kier alpha value is -2.55. The van der Waals surface area contributed by atoms with Gasteiger partial charge < -0.3 is 9.69 Å². The van der Waals surface area contributed by atoms with Crippen molar-refractivity contribution in [1.29, 1.82) is 0 Å². The molecule has 2 aliphatic heterocycles. The van der Waals surface area contributed by atoms with Gasteiger partial charge in [-0.25, -0.2) is 4.79 Å². The predicted molar refractivity (Wildman–Crippen MR) is 92.5 cm³/mol. The number of carbonyl (C=O) groups is 2. The number of amides is 2. The van der Waals surface area contributed by atoms with E-state index in [1.165, 1.54) is 25.1 Å². The number of carbonyl (C=O) groups excluding carboxylic acids is 2. The van der Waals surface area contributed by atoms with E-state index in [-0.39, 0.29) is 18.2 Å². The Labute approximate surface area is 160 Å². The number of nitrogens with zero attached hydrogens (tertiary/aromatic N) is 5. The fraction of sp³-hybridized carbons (Fsp3) is 0.571. The van der Waals surface area contributed by atoms with E-state index >= 15 is 0 Å². The topological polar surface area (TPSA) is 167 Å². The number of nitrogens with one attached hydrogen (secondary N) is 1. The highest BCUT2D eigenvalue weighted by Gasteiger charge is 2.53. The highest BCUT2D eigenvalue weighted by Crippen LogP contribution is 2.44. The quantitative estimate of drug-likeness (QED) is 0.236. The zero-order valence-corrected chi connectivity index (χ0v) is 16.0. The monoisotopic (exact) mass is 416 g/mol. The van der Waals surface area contributed by atoms with E-state index in [0.717, 1.165) is 0 Å². The Kier molecular flexibility index (Phi) is 5.38. The van der Waals surface area contributed by atoms with Crippen LogP contribution in [0.5, 0.6) is 0 Å². The van der Waals surface area contributed by atoms with Crippen LogP contribution >= 0.6 is 0 Å². The maximum atomic E-state index is 12.7. The van der Waals surface area contributed by atoms with Crippen LogP contribution in [0.3, 0.4) is 0 Å². The SMILES string of the molecule is CN=C(NO)[C@@H]1c2c(cnn2CCCC(C)=O)[C@@H]2CN1C(=O)N2OS(=O)(=O)O. The summed E-state index contributed by atoms with van der Waals surface area (Å²) in [4.78, 5) is 29.1. The summed E-state index contributed by atoms with van der Waals surface area (Å²) < 4.78 is 37.4. The number of aryl methyl sites for hydroxylation is 1. The van der Waals surface area contributed by atoms with E-state index in [2.05, 4.69) is 14.4 Å². The maximum absolute atomic E-state index is 12.7. The van der Waals surface area contributed by atoms with Gasteiger partial charge in [0.05, 0.1) is 18.4 Å². The standard InChI is InChI=1S/C14H20N6O7S/c1-8(21)4-3-5-19-11-9(6-16-19)10-7-18(12(11)13(15-2)17-23)14(22)20(10)27-28(24,25)26/h6,10,12,23H,3-5,7H2,1-2H3,(H,15,17)(H,24,25,26)/t10-,12-/m0/s1. The summed E-state index contributed by atoms with van der Waals surface area (Å²) in [5.41, 5.74) is 2.93. The minimum absolute atomic E-state index is 0.0251. The molecule has 28 heavy (non-hydrogen) atoms. The second-order valence-corrected chi connectivity index (χ2v) is 7.42. The molecule has 2 amide bonds. The minimum Gasteiger partial charge on any atom is -0.304 e. The van der Waals surface area contributed by atoms with Crippen LogP contribution in [0.15, 0.2) is 11.2 Å². The average molecular weight is 416 g/mol. The molecule has 0 aromatic carbocycles. The first-order valence-electron chi connectivity index (χ1n) is 8.36. The van der Waals surface area contributed by atoms with Gasteiger partial charge in [0.15, 0.2) is 0 Å². The first-order chi connectivity index (χ1) is 13.2. The highest BCUT2D eigenvalue weighted by atomic mass is 32.3. The van der Waals surface area contributed by atoms with E-state index in [4.69, 9.17) is 4.55 Å². The minimum atomic E-state index is -4.93. The highest BCUT2D eigenvalue weighted by molar-refractivity contribution is 7.80. The molecule has 2 bridgehead atoms. The second kappa shape index (κ2) is 7.46. The molecule has 1 aromatic rings. The van der Waals surface area contributed by atoms with E-state index in [1.807, 2.05) is 5.48 Å². The molecule has 1 saturated heterocycles. The molecule has 2 atom stereocenters. The molecule has 154 valence electrons. The summed E-state index contributed by atoms with van der Waals surface area (Å²) in [6.45, 7) is 1.88. The van der Waals surface area contributed by atoms with Crippen LogP contribution in [0.4, 0.5) is 4.79 Å². The molecule has 1 aromatic heterocycles. The molecular formula is C14H20N6O7S. The molecular weight excluding hydrogens is 396 g/mol. The number of hydrogen-bond acceptors (Lipinski definition) is 8. The Morgan fingerprint density at radius 2 is 2.21 bits per heavy atom. The zero-order chi connectivity index (χ0) is 20.6. The first kappa shape index (κ1) is 20.2.